The molecule has 0 spiro atoms. The fraction of sp³-hybridized carbons (Fsp3) is 0.900. The van der Waals surface area contributed by atoms with Gasteiger partial charge in [0.1, 0.15) is 6.10 Å². The molecule has 3 aliphatic rings. The van der Waals surface area contributed by atoms with E-state index in [0.717, 1.165) is 32.3 Å². The zero-order valence-electron chi connectivity index (χ0n) is 16.7. The molecule has 0 aromatic heterocycles. The molecule has 1 aliphatic carbocycles. The Balaban J connectivity index is 1.35. The van der Waals surface area contributed by atoms with Gasteiger partial charge < -0.3 is 24.6 Å². The third-order valence-electron chi connectivity index (χ3n) is 5.97. The quantitative estimate of drug-likeness (QED) is 0.792. The molecule has 7 heteroatoms. The minimum atomic E-state index is -0.460. The van der Waals surface area contributed by atoms with E-state index in [1.54, 1.807) is 0 Å². The summed E-state index contributed by atoms with van der Waals surface area (Å²) in [6.07, 6.45) is 8.81. The van der Waals surface area contributed by atoms with Gasteiger partial charge in [0.15, 0.2) is 0 Å². The van der Waals surface area contributed by atoms with Crippen LogP contribution in [0.3, 0.4) is 0 Å². The molecular formula is C20H35N3O4. The van der Waals surface area contributed by atoms with Crippen molar-refractivity contribution in [2.75, 3.05) is 39.4 Å². The van der Waals surface area contributed by atoms with E-state index < -0.39 is 6.10 Å². The first-order valence-corrected chi connectivity index (χ1v) is 10.7. The minimum Gasteiger partial charge on any atom is -0.376 e. The molecule has 1 saturated carbocycles. The van der Waals surface area contributed by atoms with Gasteiger partial charge in [0.25, 0.3) is 5.91 Å². The van der Waals surface area contributed by atoms with E-state index in [-0.39, 0.29) is 18.0 Å². The molecule has 0 bridgehead atoms. The van der Waals surface area contributed by atoms with Crippen LogP contribution >= 0.6 is 0 Å². The molecule has 2 atom stereocenters. The highest BCUT2D eigenvalue weighted by Crippen LogP contribution is 2.18. The van der Waals surface area contributed by atoms with Gasteiger partial charge in [-0.3, -0.25) is 4.79 Å². The average molecular weight is 382 g/mol. The molecule has 0 aromatic carbocycles. The molecule has 27 heavy (non-hydrogen) atoms. The van der Waals surface area contributed by atoms with Gasteiger partial charge in [-0.05, 0) is 39.0 Å². The van der Waals surface area contributed by atoms with Crippen molar-refractivity contribution in [2.45, 2.75) is 76.5 Å². The Morgan fingerprint density at radius 3 is 2.33 bits per heavy atom. The molecule has 2 saturated heterocycles. The number of urea groups is 1. The topological polar surface area (TPSA) is 71.1 Å². The lowest BCUT2D eigenvalue weighted by Gasteiger charge is -2.37. The van der Waals surface area contributed by atoms with Crippen LogP contribution in [-0.2, 0) is 14.3 Å². The van der Waals surface area contributed by atoms with Crippen LogP contribution < -0.4 is 5.32 Å². The van der Waals surface area contributed by atoms with Crippen LogP contribution in [0.25, 0.3) is 0 Å². The van der Waals surface area contributed by atoms with Crippen molar-refractivity contribution >= 4 is 11.9 Å². The van der Waals surface area contributed by atoms with Gasteiger partial charge in [-0.2, -0.15) is 0 Å². The second kappa shape index (κ2) is 10.3. The number of ether oxygens (including phenoxy) is 2. The molecule has 3 amide bonds. The smallest absolute Gasteiger partial charge is 0.317 e. The Hall–Kier alpha value is -1.34. The van der Waals surface area contributed by atoms with Crippen molar-refractivity contribution in [3.63, 3.8) is 0 Å². The van der Waals surface area contributed by atoms with Crippen LogP contribution in [0, 0.1) is 0 Å². The molecule has 2 heterocycles. The minimum absolute atomic E-state index is 0.0122. The van der Waals surface area contributed by atoms with Gasteiger partial charge in [-0.15, -0.1) is 0 Å². The van der Waals surface area contributed by atoms with Crippen molar-refractivity contribution in [1.29, 1.82) is 0 Å². The second-order valence-corrected chi connectivity index (χ2v) is 8.06. The van der Waals surface area contributed by atoms with Gasteiger partial charge >= 0.3 is 6.03 Å². The number of amides is 3. The molecule has 0 aromatic rings. The molecule has 7 nitrogen and oxygen atoms in total. The zero-order chi connectivity index (χ0) is 19.1. The number of piperazine rings is 1. The summed E-state index contributed by atoms with van der Waals surface area (Å²) in [6.45, 7) is 5.41. The predicted molar refractivity (Wildman–Crippen MR) is 103 cm³/mol. The van der Waals surface area contributed by atoms with Crippen LogP contribution in [0.4, 0.5) is 4.79 Å². The normalized spacial score (nSPS) is 25.9. The number of carbonyl (C=O) groups excluding carboxylic acids is 2. The van der Waals surface area contributed by atoms with E-state index in [1.807, 2.05) is 16.7 Å². The van der Waals surface area contributed by atoms with Crippen LogP contribution in [0.5, 0.6) is 0 Å². The van der Waals surface area contributed by atoms with E-state index in [0.29, 0.717) is 38.8 Å². The van der Waals surface area contributed by atoms with Crippen LogP contribution in [0.2, 0.25) is 0 Å². The molecule has 3 rings (SSSR count). The molecule has 154 valence electrons. The van der Waals surface area contributed by atoms with Gasteiger partial charge in [-0.25, -0.2) is 4.79 Å². The third-order valence-corrected chi connectivity index (χ3v) is 5.97. The molecular weight excluding hydrogens is 346 g/mol. The monoisotopic (exact) mass is 381 g/mol. The maximum atomic E-state index is 12.6. The second-order valence-electron chi connectivity index (χ2n) is 8.06. The number of hydrogen-bond acceptors (Lipinski definition) is 4. The first-order valence-electron chi connectivity index (χ1n) is 10.7. The van der Waals surface area contributed by atoms with Crippen LogP contribution in [0.15, 0.2) is 0 Å². The first-order chi connectivity index (χ1) is 13.1. The Kier molecular flexibility index (Phi) is 7.76. The van der Waals surface area contributed by atoms with Crippen molar-refractivity contribution in [1.82, 2.24) is 15.1 Å². The lowest BCUT2D eigenvalue weighted by atomic mass is 9.96. The fourth-order valence-electron chi connectivity index (χ4n) is 4.16. The zero-order valence-corrected chi connectivity index (χ0v) is 16.7. The van der Waals surface area contributed by atoms with E-state index in [1.165, 1.54) is 25.7 Å². The lowest BCUT2D eigenvalue weighted by molar-refractivity contribution is -0.147. The fourth-order valence-corrected chi connectivity index (χ4v) is 4.16. The van der Waals surface area contributed by atoms with Crippen molar-refractivity contribution < 1.29 is 19.1 Å². The Morgan fingerprint density at radius 2 is 1.67 bits per heavy atom. The summed E-state index contributed by atoms with van der Waals surface area (Å²) >= 11 is 0. The highest BCUT2D eigenvalue weighted by molar-refractivity contribution is 5.81. The summed E-state index contributed by atoms with van der Waals surface area (Å²) < 4.78 is 11.4. The molecule has 0 radical (unpaired) electrons. The Bertz CT molecular complexity index is 482. The van der Waals surface area contributed by atoms with E-state index in [4.69, 9.17) is 9.47 Å². The Labute approximate surface area is 162 Å². The van der Waals surface area contributed by atoms with E-state index in [9.17, 15) is 9.59 Å². The number of nitrogens with zero attached hydrogens (tertiary/aromatic N) is 2. The van der Waals surface area contributed by atoms with Crippen LogP contribution in [0.1, 0.15) is 58.3 Å². The lowest BCUT2D eigenvalue weighted by Crippen LogP contribution is -2.56. The molecule has 1 N–H and O–H groups in total. The number of rotatable bonds is 5. The van der Waals surface area contributed by atoms with Gasteiger partial charge in [-0.1, -0.05) is 19.3 Å². The largest absolute Gasteiger partial charge is 0.376 e. The van der Waals surface area contributed by atoms with Gasteiger partial charge in [0.2, 0.25) is 0 Å². The van der Waals surface area contributed by atoms with Crippen molar-refractivity contribution in [2.24, 2.45) is 0 Å². The summed E-state index contributed by atoms with van der Waals surface area (Å²) in [7, 11) is 0. The van der Waals surface area contributed by atoms with Crippen LogP contribution in [-0.4, -0.2) is 79.4 Å². The van der Waals surface area contributed by atoms with E-state index in [2.05, 4.69) is 5.32 Å². The number of carbonyl (C=O) groups is 2. The molecule has 2 unspecified atom stereocenters. The molecule has 2 aliphatic heterocycles. The highest BCUT2D eigenvalue weighted by atomic mass is 16.5. The maximum absolute atomic E-state index is 12.6. The van der Waals surface area contributed by atoms with Gasteiger partial charge in [0.05, 0.1) is 12.7 Å². The number of hydrogen-bond donors (Lipinski definition) is 1. The summed E-state index contributed by atoms with van der Waals surface area (Å²) in [5.74, 6) is 0.0122. The summed E-state index contributed by atoms with van der Waals surface area (Å²) in [5, 5.41) is 3.16. The maximum Gasteiger partial charge on any atom is 0.317 e. The van der Waals surface area contributed by atoms with Gasteiger partial charge in [0, 0.05) is 38.8 Å². The number of nitrogens with one attached hydrogen (secondary N) is 1. The summed E-state index contributed by atoms with van der Waals surface area (Å²) in [5.41, 5.74) is 0. The first kappa shape index (κ1) is 20.4. The SMILES string of the molecule is CC(OCC1CCCCO1)C(=O)N1CCN(C(=O)NC2CCCCC2)CC1. The molecule has 3 fully saturated rings. The summed E-state index contributed by atoms with van der Waals surface area (Å²) in [4.78, 5) is 28.7. The summed E-state index contributed by atoms with van der Waals surface area (Å²) in [6, 6.07) is 0.342. The standard InChI is InChI=1S/C20H35N3O4/c1-16(27-15-18-9-5-6-14-26-18)19(24)22-10-12-23(13-11-22)20(25)21-17-7-3-2-4-8-17/h16-18H,2-15H2,1H3,(H,21,25). The Morgan fingerprint density at radius 1 is 1.00 bits per heavy atom. The predicted octanol–water partition coefficient (Wildman–Crippen LogP) is 2.15. The van der Waals surface area contributed by atoms with Crippen molar-refractivity contribution in [3.05, 3.63) is 0 Å². The van der Waals surface area contributed by atoms with Crippen molar-refractivity contribution in [3.8, 4) is 0 Å². The highest BCUT2D eigenvalue weighted by Gasteiger charge is 2.29. The van der Waals surface area contributed by atoms with E-state index >= 15 is 0 Å². The average Bonchev–Trinajstić information content (AvgIpc) is 2.73. The third kappa shape index (κ3) is 6.07.